The summed E-state index contributed by atoms with van der Waals surface area (Å²) in [4.78, 5) is 23.6. The van der Waals surface area contributed by atoms with Crippen molar-refractivity contribution >= 4 is 28.4 Å². The Labute approximate surface area is 113 Å². The van der Waals surface area contributed by atoms with Gasteiger partial charge in [-0.1, -0.05) is 0 Å². The minimum atomic E-state index is -0.286. The Bertz CT molecular complexity index is 807. The summed E-state index contributed by atoms with van der Waals surface area (Å²) in [6.45, 7) is 0. The lowest BCUT2D eigenvalue weighted by Gasteiger charge is -2.20. The molecule has 7 nitrogen and oxygen atoms in total. The van der Waals surface area contributed by atoms with Crippen LogP contribution in [0.5, 0.6) is 5.75 Å². The second-order valence-electron chi connectivity index (χ2n) is 4.27. The molecule has 0 aliphatic carbocycles. The zero-order chi connectivity index (χ0) is 14.3. The maximum absolute atomic E-state index is 11.8. The molecule has 0 unspecified atom stereocenters. The summed E-state index contributed by atoms with van der Waals surface area (Å²) in [6.07, 6.45) is 1.59. The van der Waals surface area contributed by atoms with Gasteiger partial charge in [-0.2, -0.15) is 5.10 Å². The molecule has 0 saturated carbocycles. The molecule has 0 radical (unpaired) electrons. The van der Waals surface area contributed by atoms with Crippen LogP contribution < -0.4 is 20.9 Å². The number of rotatable bonds is 2. The van der Waals surface area contributed by atoms with Crippen molar-refractivity contribution in [2.75, 3.05) is 19.5 Å². The van der Waals surface area contributed by atoms with Gasteiger partial charge in [0.1, 0.15) is 11.4 Å². The van der Waals surface area contributed by atoms with Crippen LogP contribution >= 0.6 is 0 Å². The molecule has 3 rings (SSSR count). The summed E-state index contributed by atoms with van der Waals surface area (Å²) in [6, 6.07) is 3.35. The molecule has 102 valence electrons. The van der Waals surface area contributed by atoms with Crippen LogP contribution in [0.2, 0.25) is 0 Å². The zero-order valence-electron chi connectivity index (χ0n) is 10.9. The van der Waals surface area contributed by atoms with Gasteiger partial charge in [-0.05, 0) is 18.2 Å². The molecule has 1 aliphatic rings. The number of hydrogen-bond acceptors (Lipinski definition) is 5. The van der Waals surface area contributed by atoms with Gasteiger partial charge in [-0.15, -0.1) is 0 Å². The summed E-state index contributed by atoms with van der Waals surface area (Å²) in [5.41, 5.74) is 1.14. The minimum absolute atomic E-state index is 0.275. The molecular formula is C13H12N4O3. The minimum Gasteiger partial charge on any atom is -0.495 e. The van der Waals surface area contributed by atoms with Crippen LogP contribution in [0.25, 0.3) is 16.8 Å². The molecule has 0 bridgehead atoms. The SMILES string of the molecule is CNC(=O)C1=Cc2n[nH]c(=O)c3ccc(OC)c(c23)N1. The number of carbonyl (C=O) groups excluding carboxylic acids is 1. The third-order valence-corrected chi connectivity index (χ3v) is 3.18. The van der Waals surface area contributed by atoms with Gasteiger partial charge in [-0.25, -0.2) is 5.10 Å². The standard InChI is InChI=1S/C13H12N4O3/c1-14-13(19)8-5-7-10-6(12(18)17-16-7)3-4-9(20-2)11(10)15-8/h3-5,15H,1-2H3,(H,14,19)(H,17,18). The van der Waals surface area contributed by atoms with Crippen molar-refractivity contribution in [2.45, 2.75) is 0 Å². The average Bonchev–Trinajstić information content (AvgIpc) is 2.49. The third-order valence-electron chi connectivity index (χ3n) is 3.18. The fourth-order valence-corrected chi connectivity index (χ4v) is 2.23. The molecule has 0 spiro atoms. The molecular weight excluding hydrogens is 260 g/mol. The number of nitrogens with zero attached hydrogens (tertiary/aromatic N) is 1. The zero-order valence-corrected chi connectivity index (χ0v) is 10.9. The molecule has 1 aromatic carbocycles. The first-order valence-corrected chi connectivity index (χ1v) is 5.96. The Morgan fingerprint density at radius 2 is 2.20 bits per heavy atom. The number of anilines is 1. The summed E-state index contributed by atoms with van der Waals surface area (Å²) in [5.74, 6) is 0.267. The number of ether oxygens (including phenoxy) is 1. The number of carbonyl (C=O) groups is 1. The van der Waals surface area contributed by atoms with Gasteiger partial charge in [0.2, 0.25) is 0 Å². The molecule has 1 aromatic heterocycles. The van der Waals surface area contributed by atoms with Crippen LogP contribution in [-0.4, -0.2) is 30.3 Å². The second kappa shape index (κ2) is 4.37. The van der Waals surface area contributed by atoms with E-state index in [9.17, 15) is 9.59 Å². The lowest BCUT2D eigenvalue weighted by Crippen LogP contribution is -2.26. The van der Waals surface area contributed by atoms with E-state index in [1.54, 1.807) is 25.3 Å². The van der Waals surface area contributed by atoms with Gasteiger partial charge in [-0.3, -0.25) is 9.59 Å². The Kier molecular flexibility index (Phi) is 2.67. The highest BCUT2D eigenvalue weighted by atomic mass is 16.5. The highest BCUT2D eigenvalue weighted by molar-refractivity contribution is 6.11. The Hall–Kier alpha value is -2.83. The quantitative estimate of drug-likeness (QED) is 0.737. The number of hydrogen-bond donors (Lipinski definition) is 3. The van der Waals surface area contributed by atoms with Crippen molar-refractivity contribution in [3.63, 3.8) is 0 Å². The van der Waals surface area contributed by atoms with Gasteiger partial charge >= 0.3 is 0 Å². The molecule has 1 aliphatic heterocycles. The molecule has 1 amide bonds. The van der Waals surface area contributed by atoms with E-state index in [0.717, 1.165) is 0 Å². The van der Waals surface area contributed by atoms with Crippen LogP contribution in [0.1, 0.15) is 5.69 Å². The number of aromatic nitrogens is 2. The van der Waals surface area contributed by atoms with E-state index in [1.165, 1.54) is 7.11 Å². The van der Waals surface area contributed by atoms with Crippen molar-refractivity contribution in [3.05, 3.63) is 33.9 Å². The predicted molar refractivity (Wildman–Crippen MR) is 74.6 cm³/mol. The first-order chi connectivity index (χ1) is 9.65. The van der Waals surface area contributed by atoms with Gasteiger partial charge < -0.3 is 15.4 Å². The molecule has 0 saturated heterocycles. The van der Waals surface area contributed by atoms with Crippen LogP contribution in [0.4, 0.5) is 5.69 Å². The Morgan fingerprint density at radius 1 is 1.40 bits per heavy atom. The lowest BCUT2D eigenvalue weighted by molar-refractivity contribution is -0.116. The number of nitrogens with one attached hydrogen (secondary N) is 3. The van der Waals surface area contributed by atoms with Crippen molar-refractivity contribution in [3.8, 4) is 5.75 Å². The summed E-state index contributed by atoms with van der Waals surface area (Å²) in [7, 11) is 3.07. The Morgan fingerprint density at radius 3 is 2.90 bits per heavy atom. The maximum atomic E-state index is 11.8. The molecule has 0 fully saturated rings. The van der Waals surface area contributed by atoms with E-state index in [2.05, 4.69) is 20.8 Å². The first-order valence-electron chi connectivity index (χ1n) is 5.96. The number of benzene rings is 1. The number of amides is 1. The van der Waals surface area contributed by atoms with Crippen LogP contribution in [-0.2, 0) is 4.79 Å². The fourth-order valence-electron chi connectivity index (χ4n) is 2.23. The topological polar surface area (TPSA) is 96.1 Å². The molecule has 3 N–H and O–H groups in total. The summed E-state index contributed by atoms with van der Waals surface area (Å²) >= 11 is 0. The number of methoxy groups -OCH3 is 1. The average molecular weight is 272 g/mol. The number of aromatic amines is 1. The van der Waals surface area contributed by atoms with E-state index >= 15 is 0 Å². The second-order valence-corrected chi connectivity index (χ2v) is 4.27. The lowest BCUT2D eigenvalue weighted by atomic mass is 10.0. The number of likely N-dealkylation sites (N-methyl/N-ethyl adjacent to an activating group) is 1. The first kappa shape index (κ1) is 12.2. The maximum Gasteiger partial charge on any atom is 0.272 e. The van der Waals surface area contributed by atoms with E-state index < -0.39 is 0 Å². The molecule has 0 atom stereocenters. The van der Waals surface area contributed by atoms with E-state index in [-0.39, 0.29) is 11.5 Å². The number of H-pyrrole nitrogens is 1. The third kappa shape index (κ3) is 1.63. The van der Waals surface area contributed by atoms with Gasteiger partial charge in [0.15, 0.2) is 0 Å². The normalized spacial score (nSPS) is 12.6. The van der Waals surface area contributed by atoms with Crippen LogP contribution in [0.15, 0.2) is 22.6 Å². The largest absolute Gasteiger partial charge is 0.495 e. The van der Waals surface area contributed by atoms with Crippen molar-refractivity contribution in [2.24, 2.45) is 0 Å². The predicted octanol–water partition coefficient (Wildman–Crippen LogP) is 0.444. The molecule has 2 aromatic rings. The molecule has 2 heterocycles. The molecule has 7 heteroatoms. The summed E-state index contributed by atoms with van der Waals surface area (Å²) in [5, 5.41) is 13.1. The fraction of sp³-hybridized carbons (Fsp3) is 0.154. The van der Waals surface area contributed by atoms with Crippen molar-refractivity contribution < 1.29 is 9.53 Å². The van der Waals surface area contributed by atoms with E-state index in [4.69, 9.17) is 4.74 Å². The molecule has 20 heavy (non-hydrogen) atoms. The van der Waals surface area contributed by atoms with E-state index in [1.807, 2.05) is 0 Å². The smallest absolute Gasteiger partial charge is 0.272 e. The van der Waals surface area contributed by atoms with Gasteiger partial charge in [0.25, 0.3) is 11.5 Å². The Balaban J connectivity index is 2.36. The van der Waals surface area contributed by atoms with Gasteiger partial charge in [0, 0.05) is 12.4 Å². The summed E-state index contributed by atoms with van der Waals surface area (Å²) < 4.78 is 5.27. The van der Waals surface area contributed by atoms with Crippen molar-refractivity contribution in [1.29, 1.82) is 0 Å². The highest BCUT2D eigenvalue weighted by Gasteiger charge is 2.22. The van der Waals surface area contributed by atoms with Crippen LogP contribution in [0, 0.1) is 0 Å². The highest BCUT2D eigenvalue weighted by Crippen LogP contribution is 2.37. The van der Waals surface area contributed by atoms with Crippen molar-refractivity contribution in [1.82, 2.24) is 15.5 Å². The monoisotopic (exact) mass is 272 g/mol. The van der Waals surface area contributed by atoms with E-state index in [0.29, 0.717) is 33.6 Å². The van der Waals surface area contributed by atoms with Gasteiger partial charge in [0.05, 0.1) is 23.9 Å². The van der Waals surface area contributed by atoms with Crippen LogP contribution in [0.3, 0.4) is 0 Å².